The van der Waals surface area contributed by atoms with Gasteiger partial charge in [0, 0.05) is 5.56 Å². The average Bonchev–Trinajstić information content (AvgIpc) is 1.89. The van der Waals surface area contributed by atoms with Crippen molar-refractivity contribution in [1.29, 1.82) is 0 Å². The van der Waals surface area contributed by atoms with E-state index in [-0.39, 0.29) is 0 Å². The molecule has 9 heavy (non-hydrogen) atoms. The van der Waals surface area contributed by atoms with Crippen LogP contribution in [0.1, 0.15) is 12.5 Å². The fourth-order valence-electron chi connectivity index (χ4n) is 0.746. The number of phenolic OH excluding ortho intramolecular Hbond substituents is 1. The van der Waals surface area contributed by atoms with Gasteiger partial charge in [0.1, 0.15) is 5.75 Å². The van der Waals surface area contributed by atoms with Crippen molar-refractivity contribution in [2.24, 2.45) is 0 Å². The van der Waals surface area contributed by atoms with Crippen LogP contribution < -0.4 is 0 Å². The van der Waals surface area contributed by atoms with E-state index in [0.29, 0.717) is 5.75 Å². The van der Waals surface area contributed by atoms with Crippen LogP contribution >= 0.6 is 0 Å². The van der Waals surface area contributed by atoms with Crippen molar-refractivity contribution in [3.8, 4) is 5.75 Å². The molecule has 0 aromatic heterocycles. The van der Waals surface area contributed by atoms with Crippen LogP contribution in [-0.2, 0) is 6.42 Å². The molecular weight excluding hydrogens is 112 g/mol. The van der Waals surface area contributed by atoms with Gasteiger partial charge in [-0.3, -0.25) is 0 Å². The largest absolute Gasteiger partial charge is 0.508 e. The number of aryl methyl sites for hydroxylation is 1. The molecule has 1 radical (unpaired) electrons. The number of hydrogen-bond acceptors (Lipinski definition) is 1. The summed E-state index contributed by atoms with van der Waals surface area (Å²) in [5.74, 6) is 0.347. The predicted octanol–water partition coefficient (Wildman–Crippen LogP) is 1.75. The van der Waals surface area contributed by atoms with E-state index in [9.17, 15) is 0 Å². The first-order chi connectivity index (χ1) is 4.34. The van der Waals surface area contributed by atoms with Crippen LogP contribution in [0.4, 0.5) is 0 Å². The third-order valence-electron chi connectivity index (χ3n) is 1.27. The van der Waals surface area contributed by atoms with Gasteiger partial charge in [-0.2, -0.15) is 0 Å². The zero-order valence-electron chi connectivity index (χ0n) is 5.39. The van der Waals surface area contributed by atoms with Crippen LogP contribution in [0.5, 0.6) is 5.75 Å². The van der Waals surface area contributed by atoms with Gasteiger partial charge in [0.25, 0.3) is 0 Å². The average molecular weight is 121 g/mol. The van der Waals surface area contributed by atoms with E-state index >= 15 is 0 Å². The van der Waals surface area contributed by atoms with Crippen LogP contribution in [0.25, 0.3) is 0 Å². The van der Waals surface area contributed by atoms with Crippen molar-refractivity contribution in [3.05, 3.63) is 29.8 Å². The Morgan fingerprint density at radius 3 is 2.89 bits per heavy atom. The monoisotopic (exact) mass is 121 g/mol. The molecule has 0 bridgehead atoms. The van der Waals surface area contributed by atoms with Crippen molar-refractivity contribution >= 4 is 0 Å². The molecule has 1 N–H and O–H groups in total. The van der Waals surface area contributed by atoms with Crippen molar-refractivity contribution in [2.45, 2.75) is 13.3 Å². The molecule has 1 rings (SSSR count). The Bertz CT molecular complexity index is 194. The maximum atomic E-state index is 9.08. The van der Waals surface area contributed by atoms with Gasteiger partial charge in [0.2, 0.25) is 0 Å². The molecule has 0 saturated heterocycles. The minimum atomic E-state index is 0.347. The maximum absolute atomic E-state index is 9.08. The first-order valence-electron chi connectivity index (χ1n) is 3.03. The summed E-state index contributed by atoms with van der Waals surface area (Å²) in [5.41, 5.74) is 0.887. The molecule has 0 aliphatic rings. The summed E-state index contributed by atoms with van der Waals surface area (Å²) in [5, 5.41) is 9.08. The van der Waals surface area contributed by atoms with Crippen LogP contribution in [0.15, 0.2) is 18.2 Å². The van der Waals surface area contributed by atoms with Gasteiger partial charge >= 0.3 is 0 Å². The lowest BCUT2D eigenvalue weighted by molar-refractivity contribution is 0.468. The van der Waals surface area contributed by atoms with Gasteiger partial charge in [-0.25, -0.2) is 0 Å². The first kappa shape index (κ1) is 6.14. The van der Waals surface area contributed by atoms with Crippen LogP contribution in [0, 0.1) is 6.07 Å². The Hall–Kier alpha value is -0.980. The molecule has 0 saturated carbocycles. The number of rotatable bonds is 1. The second-order valence-corrected chi connectivity index (χ2v) is 1.89. The van der Waals surface area contributed by atoms with E-state index in [4.69, 9.17) is 5.11 Å². The van der Waals surface area contributed by atoms with E-state index in [1.54, 1.807) is 18.2 Å². The SMILES string of the molecule is CCc1[c]cccc1O. The van der Waals surface area contributed by atoms with E-state index in [0.717, 1.165) is 12.0 Å². The van der Waals surface area contributed by atoms with Crippen molar-refractivity contribution in [2.75, 3.05) is 0 Å². The molecule has 0 unspecified atom stereocenters. The number of aromatic hydroxyl groups is 1. The quantitative estimate of drug-likeness (QED) is 0.600. The van der Waals surface area contributed by atoms with Crippen LogP contribution in [0.3, 0.4) is 0 Å². The minimum Gasteiger partial charge on any atom is -0.508 e. The zero-order chi connectivity index (χ0) is 6.69. The van der Waals surface area contributed by atoms with Crippen LogP contribution in [-0.4, -0.2) is 5.11 Å². The molecule has 47 valence electrons. The zero-order valence-corrected chi connectivity index (χ0v) is 5.39. The minimum absolute atomic E-state index is 0.347. The molecule has 0 aliphatic heterocycles. The molecule has 0 atom stereocenters. The van der Waals surface area contributed by atoms with Crippen molar-refractivity contribution < 1.29 is 5.11 Å². The second-order valence-electron chi connectivity index (χ2n) is 1.89. The third-order valence-corrected chi connectivity index (χ3v) is 1.27. The van der Waals surface area contributed by atoms with Crippen molar-refractivity contribution in [1.82, 2.24) is 0 Å². The van der Waals surface area contributed by atoms with Crippen molar-refractivity contribution in [3.63, 3.8) is 0 Å². The summed E-state index contributed by atoms with van der Waals surface area (Å²) in [7, 11) is 0. The lowest BCUT2D eigenvalue weighted by Crippen LogP contribution is -1.78. The summed E-state index contributed by atoms with van der Waals surface area (Å²) in [6, 6.07) is 8.19. The smallest absolute Gasteiger partial charge is 0.119 e. The van der Waals surface area contributed by atoms with Gasteiger partial charge < -0.3 is 5.11 Å². The molecule has 1 aromatic carbocycles. The predicted molar refractivity (Wildman–Crippen MR) is 36.3 cm³/mol. The summed E-state index contributed by atoms with van der Waals surface area (Å²) in [6.45, 7) is 1.99. The summed E-state index contributed by atoms with van der Waals surface area (Å²) < 4.78 is 0. The number of phenols is 1. The standard InChI is InChI=1S/C8H9O/c1-2-7-5-3-4-6-8(7)9/h3-4,6,9H,2H2,1H3. The molecule has 0 spiro atoms. The molecular formula is C8H9O. The van der Waals surface area contributed by atoms with Gasteiger partial charge in [-0.15, -0.1) is 0 Å². The van der Waals surface area contributed by atoms with E-state index < -0.39 is 0 Å². The highest BCUT2D eigenvalue weighted by atomic mass is 16.3. The highest BCUT2D eigenvalue weighted by Gasteiger charge is 1.93. The topological polar surface area (TPSA) is 20.2 Å². The second kappa shape index (κ2) is 2.53. The van der Waals surface area contributed by atoms with Gasteiger partial charge in [-0.05, 0) is 18.6 Å². The molecule has 0 aliphatic carbocycles. The molecule has 0 fully saturated rings. The Kier molecular flexibility index (Phi) is 1.73. The number of benzene rings is 1. The Balaban J connectivity index is 3.01. The summed E-state index contributed by atoms with van der Waals surface area (Å²) >= 11 is 0. The summed E-state index contributed by atoms with van der Waals surface area (Å²) in [6.07, 6.45) is 0.840. The number of hydrogen-bond donors (Lipinski definition) is 1. The molecule has 1 aromatic rings. The van der Waals surface area contributed by atoms with E-state index in [2.05, 4.69) is 6.07 Å². The maximum Gasteiger partial charge on any atom is 0.119 e. The first-order valence-corrected chi connectivity index (χ1v) is 3.03. The van der Waals surface area contributed by atoms with Gasteiger partial charge in [0.05, 0.1) is 0 Å². The highest BCUT2D eigenvalue weighted by Crippen LogP contribution is 2.14. The van der Waals surface area contributed by atoms with E-state index in [1.165, 1.54) is 0 Å². The highest BCUT2D eigenvalue weighted by molar-refractivity contribution is 5.30. The fraction of sp³-hybridized carbons (Fsp3) is 0.250. The third kappa shape index (κ3) is 1.22. The van der Waals surface area contributed by atoms with Gasteiger partial charge in [0.15, 0.2) is 0 Å². The normalized spacial score (nSPS) is 9.44. The molecule has 1 nitrogen and oxygen atoms in total. The lowest BCUT2D eigenvalue weighted by atomic mass is 10.1. The van der Waals surface area contributed by atoms with Gasteiger partial charge in [-0.1, -0.05) is 19.1 Å². The molecule has 0 heterocycles. The Morgan fingerprint density at radius 1 is 1.67 bits per heavy atom. The fourth-order valence-corrected chi connectivity index (χ4v) is 0.746. The lowest BCUT2D eigenvalue weighted by Gasteiger charge is -1.96. The van der Waals surface area contributed by atoms with Crippen LogP contribution in [0.2, 0.25) is 0 Å². The van der Waals surface area contributed by atoms with E-state index in [1.807, 2.05) is 6.92 Å². The molecule has 0 amide bonds. The Morgan fingerprint density at radius 2 is 2.44 bits per heavy atom. The Labute approximate surface area is 55.0 Å². The molecule has 1 heteroatoms. The summed E-state index contributed by atoms with van der Waals surface area (Å²) in [4.78, 5) is 0.